The van der Waals surface area contributed by atoms with Gasteiger partial charge in [-0.2, -0.15) is 0 Å². The summed E-state index contributed by atoms with van der Waals surface area (Å²) in [5, 5.41) is 6.31. The van der Waals surface area contributed by atoms with Gasteiger partial charge in [-0.05, 0) is 50.0 Å². The number of nitrogens with one attached hydrogen (secondary N) is 2. The first kappa shape index (κ1) is 19.6. The molecule has 0 aliphatic carbocycles. The van der Waals surface area contributed by atoms with Crippen LogP contribution in [0.2, 0.25) is 0 Å². The van der Waals surface area contributed by atoms with Crippen LogP contribution in [0, 0.1) is 11.8 Å². The Hall–Kier alpha value is -1.46. The normalized spacial score (nSPS) is 16.5. The van der Waals surface area contributed by atoms with Gasteiger partial charge >= 0.3 is 0 Å². The van der Waals surface area contributed by atoms with Gasteiger partial charge < -0.3 is 20.1 Å². The molecule has 1 aromatic rings. The molecule has 6 heteroatoms. The third-order valence-electron chi connectivity index (χ3n) is 4.31. The quantitative estimate of drug-likeness (QED) is 0.796. The molecular formula is C17H27ClN2O3. The van der Waals surface area contributed by atoms with Gasteiger partial charge in [-0.3, -0.25) is 4.79 Å². The van der Waals surface area contributed by atoms with Crippen LogP contribution in [-0.2, 0) is 11.2 Å². The van der Waals surface area contributed by atoms with Crippen molar-refractivity contribution >= 4 is 18.3 Å². The van der Waals surface area contributed by atoms with Crippen LogP contribution in [0.25, 0.3) is 0 Å². The molecule has 1 fully saturated rings. The van der Waals surface area contributed by atoms with E-state index >= 15 is 0 Å². The topological polar surface area (TPSA) is 59.6 Å². The maximum absolute atomic E-state index is 12.2. The Balaban J connectivity index is 0.00000264. The zero-order valence-corrected chi connectivity index (χ0v) is 15.0. The van der Waals surface area contributed by atoms with Crippen LogP contribution in [0.5, 0.6) is 11.5 Å². The fraction of sp³-hybridized carbons (Fsp3) is 0.588. The van der Waals surface area contributed by atoms with Gasteiger partial charge in [-0.1, -0.05) is 13.0 Å². The minimum absolute atomic E-state index is 0. The highest BCUT2D eigenvalue weighted by molar-refractivity contribution is 5.85. The second kappa shape index (κ2) is 8.99. The Labute approximate surface area is 144 Å². The minimum atomic E-state index is 0. The van der Waals surface area contributed by atoms with Crippen molar-refractivity contribution in [2.75, 3.05) is 27.3 Å². The lowest BCUT2D eigenvalue weighted by Gasteiger charge is -2.32. The molecule has 0 saturated carbocycles. The Morgan fingerprint density at radius 3 is 2.43 bits per heavy atom. The van der Waals surface area contributed by atoms with E-state index in [1.807, 2.05) is 32.0 Å². The van der Waals surface area contributed by atoms with Crippen molar-refractivity contribution < 1.29 is 14.3 Å². The van der Waals surface area contributed by atoms with Crippen LogP contribution in [0.4, 0.5) is 0 Å². The van der Waals surface area contributed by atoms with Gasteiger partial charge in [-0.15, -0.1) is 12.4 Å². The van der Waals surface area contributed by atoms with E-state index < -0.39 is 0 Å². The van der Waals surface area contributed by atoms with E-state index in [4.69, 9.17) is 9.47 Å². The summed E-state index contributed by atoms with van der Waals surface area (Å²) in [6, 6.07) is 5.94. The molecule has 0 aromatic heterocycles. The van der Waals surface area contributed by atoms with E-state index in [-0.39, 0.29) is 30.3 Å². The predicted octanol–water partition coefficient (Wildman–Crippen LogP) is 2.03. The number of rotatable bonds is 7. The molecule has 1 saturated heterocycles. The lowest BCUT2D eigenvalue weighted by atomic mass is 9.88. The van der Waals surface area contributed by atoms with Crippen molar-refractivity contribution in [1.29, 1.82) is 0 Å². The van der Waals surface area contributed by atoms with E-state index in [0.29, 0.717) is 17.4 Å². The molecule has 2 unspecified atom stereocenters. The fourth-order valence-electron chi connectivity index (χ4n) is 2.67. The molecule has 0 spiro atoms. The summed E-state index contributed by atoms with van der Waals surface area (Å²) in [6.07, 6.45) is 0.766. The van der Waals surface area contributed by atoms with E-state index in [0.717, 1.165) is 25.1 Å². The van der Waals surface area contributed by atoms with Crippen molar-refractivity contribution in [3.8, 4) is 11.5 Å². The number of carbonyl (C=O) groups is 1. The van der Waals surface area contributed by atoms with Crippen LogP contribution in [0.1, 0.15) is 19.4 Å². The zero-order valence-electron chi connectivity index (χ0n) is 14.2. The molecule has 0 bridgehead atoms. The Morgan fingerprint density at radius 1 is 1.26 bits per heavy atom. The Bertz CT molecular complexity index is 521. The minimum Gasteiger partial charge on any atom is -0.493 e. The number of benzene rings is 1. The summed E-state index contributed by atoms with van der Waals surface area (Å²) >= 11 is 0. The molecule has 1 aromatic carbocycles. The van der Waals surface area contributed by atoms with Crippen molar-refractivity contribution in [1.82, 2.24) is 10.6 Å². The number of carbonyl (C=O) groups excluding carboxylic acids is 1. The first-order valence-corrected chi connectivity index (χ1v) is 7.77. The summed E-state index contributed by atoms with van der Waals surface area (Å²) in [4.78, 5) is 12.2. The van der Waals surface area contributed by atoms with Crippen LogP contribution in [-0.4, -0.2) is 39.3 Å². The third-order valence-corrected chi connectivity index (χ3v) is 4.31. The monoisotopic (exact) mass is 342 g/mol. The highest BCUT2D eigenvalue weighted by atomic mass is 35.5. The van der Waals surface area contributed by atoms with Crippen LogP contribution < -0.4 is 20.1 Å². The zero-order chi connectivity index (χ0) is 16.1. The van der Waals surface area contributed by atoms with Gasteiger partial charge in [0.2, 0.25) is 5.91 Å². The molecular weight excluding hydrogens is 316 g/mol. The van der Waals surface area contributed by atoms with Gasteiger partial charge in [0.15, 0.2) is 11.5 Å². The number of hydrogen-bond acceptors (Lipinski definition) is 4. The molecule has 23 heavy (non-hydrogen) atoms. The van der Waals surface area contributed by atoms with E-state index in [1.54, 1.807) is 14.2 Å². The largest absolute Gasteiger partial charge is 0.493 e. The Kier molecular flexibility index (Phi) is 7.65. The third kappa shape index (κ3) is 5.01. The van der Waals surface area contributed by atoms with E-state index in [9.17, 15) is 4.79 Å². The lowest BCUT2D eigenvalue weighted by molar-refractivity contribution is -0.127. The smallest absolute Gasteiger partial charge is 0.223 e. The summed E-state index contributed by atoms with van der Waals surface area (Å²) < 4.78 is 10.5. The van der Waals surface area contributed by atoms with Crippen molar-refractivity contribution in [3.05, 3.63) is 23.8 Å². The lowest BCUT2D eigenvalue weighted by Crippen LogP contribution is -2.50. The SMILES string of the molecule is COc1ccc(CC(C)NC(=O)C(C)C2CNC2)cc1OC.Cl. The molecule has 2 N–H and O–H groups in total. The molecule has 5 nitrogen and oxygen atoms in total. The number of halogens is 1. The summed E-state index contributed by atoms with van der Waals surface area (Å²) in [5.74, 6) is 2.10. The van der Waals surface area contributed by atoms with Crippen LogP contribution in [0.15, 0.2) is 18.2 Å². The molecule has 1 aliphatic rings. The molecule has 2 rings (SSSR count). The maximum atomic E-state index is 12.2. The Morgan fingerprint density at radius 2 is 1.91 bits per heavy atom. The van der Waals surface area contributed by atoms with Gasteiger partial charge in [0.05, 0.1) is 14.2 Å². The predicted molar refractivity (Wildman–Crippen MR) is 93.6 cm³/mol. The number of hydrogen-bond donors (Lipinski definition) is 2. The van der Waals surface area contributed by atoms with Crippen LogP contribution in [0.3, 0.4) is 0 Å². The summed E-state index contributed by atoms with van der Waals surface area (Å²) in [7, 11) is 3.25. The van der Waals surface area contributed by atoms with Gasteiger partial charge in [-0.25, -0.2) is 0 Å². The van der Waals surface area contributed by atoms with Crippen molar-refractivity contribution in [3.63, 3.8) is 0 Å². The van der Waals surface area contributed by atoms with Gasteiger partial charge in [0, 0.05) is 12.0 Å². The standard InChI is InChI=1S/C17H26N2O3.ClH/c1-11(19-17(20)12(2)14-9-18-10-14)7-13-5-6-15(21-3)16(8-13)22-4;/h5-6,8,11-12,14,18H,7,9-10H2,1-4H3,(H,19,20);1H. The molecule has 0 radical (unpaired) electrons. The first-order chi connectivity index (χ1) is 10.5. The van der Waals surface area contributed by atoms with Gasteiger partial charge in [0.1, 0.15) is 0 Å². The van der Waals surface area contributed by atoms with E-state index in [1.165, 1.54) is 0 Å². The molecule has 1 aliphatic heterocycles. The second-order valence-electron chi connectivity index (χ2n) is 6.01. The highest BCUT2D eigenvalue weighted by Gasteiger charge is 2.29. The van der Waals surface area contributed by atoms with Crippen molar-refractivity contribution in [2.24, 2.45) is 11.8 Å². The first-order valence-electron chi connectivity index (χ1n) is 7.77. The summed E-state index contributed by atoms with van der Waals surface area (Å²) in [6.45, 7) is 5.92. The molecule has 130 valence electrons. The average molecular weight is 343 g/mol. The number of ether oxygens (including phenoxy) is 2. The van der Waals surface area contributed by atoms with Crippen molar-refractivity contribution in [2.45, 2.75) is 26.3 Å². The average Bonchev–Trinajstić information content (AvgIpc) is 2.44. The fourth-order valence-corrected chi connectivity index (χ4v) is 2.67. The maximum Gasteiger partial charge on any atom is 0.223 e. The number of amides is 1. The number of methoxy groups -OCH3 is 2. The molecule has 1 heterocycles. The van der Waals surface area contributed by atoms with E-state index in [2.05, 4.69) is 10.6 Å². The highest BCUT2D eigenvalue weighted by Crippen LogP contribution is 2.28. The second-order valence-corrected chi connectivity index (χ2v) is 6.01. The molecule has 2 atom stereocenters. The van der Waals surface area contributed by atoms with Gasteiger partial charge in [0.25, 0.3) is 0 Å². The summed E-state index contributed by atoms with van der Waals surface area (Å²) in [5.41, 5.74) is 1.11. The molecule has 1 amide bonds. The van der Waals surface area contributed by atoms with Crippen LogP contribution >= 0.6 is 12.4 Å².